The Bertz CT molecular complexity index is 428. The molecular weight excluding hydrogens is 247 g/mol. The first-order valence-corrected chi connectivity index (χ1v) is 5.56. The topological polar surface area (TPSA) is 38.3 Å². The molecule has 1 N–H and O–H groups in total. The Morgan fingerprint density at radius 2 is 1.94 bits per heavy atom. The Labute approximate surface area is 102 Å². The summed E-state index contributed by atoms with van der Waals surface area (Å²) < 4.78 is 39.6. The Morgan fingerprint density at radius 1 is 1.28 bits per heavy atom. The molecule has 6 heteroatoms. The fourth-order valence-electron chi connectivity index (χ4n) is 1.95. The molecule has 3 nitrogen and oxygen atoms in total. The van der Waals surface area contributed by atoms with Crippen molar-refractivity contribution in [3.8, 4) is 5.75 Å². The molecular formula is C12H12F3NO2. The van der Waals surface area contributed by atoms with Gasteiger partial charge in [0.25, 0.3) is 0 Å². The van der Waals surface area contributed by atoms with Crippen molar-refractivity contribution in [2.24, 2.45) is 5.92 Å². The predicted octanol–water partition coefficient (Wildman–Crippen LogP) is 2.26. The zero-order valence-corrected chi connectivity index (χ0v) is 9.46. The van der Waals surface area contributed by atoms with Gasteiger partial charge in [-0.25, -0.2) is 0 Å². The van der Waals surface area contributed by atoms with E-state index in [9.17, 15) is 18.0 Å². The van der Waals surface area contributed by atoms with Crippen molar-refractivity contribution >= 4 is 5.91 Å². The van der Waals surface area contributed by atoms with Gasteiger partial charge < -0.3 is 10.1 Å². The minimum absolute atomic E-state index is 0.00520. The molecule has 0 radical (unpaired) electrons. The molecule has 1 aromatic carbocycles. The third-order valence-electron chi connectivity index (χ3n) is 2.80. The van der Waals surface area contributed by atoms with Gasteiger partial charge in [-0.1, -0.05) is 12.1 Å². The van der Waals surface area contributed by atoms with E-state index in [4.69, 9.17) is 0 Å². The molecule has 0 saturated carbocycles. The van der Waals surface area contributed by atoms with Gasteiger partial charge in [0.1, 0.15) is 5.75 Å². The lowest BCUT2D eigenvalue weighted by atomic mass is 9.98. The lowest BCUT2D eigenvalue weighted by molar-refractivity contribution is -0.274. The SMILES string of the molecule is O=C1NCCC1Cc1ccc(OC(F)(F)F)cc1. The van der Waals surface area contributed by atoms with Crippen LogP contribution >= 0.6 is 0 Å². The predicted molar refractivity (Wildman–Crippen MR) is 57.9 cm³/mol. The van der Waals surface area contributed by atoms with Crippen LogP contribution in [0.4, 0.5) is 13.2 Å². The van der Waals surface area contributed by atoms with Crippen LogP contribution < -0.4 is 10.1 Å². The third-order valence-corrected chi connectivity index (χ3v) is 2.80. The van der Waals surface area contributed by atoms with Gasteiger partial charge in [0.05, 0.1) is 0 Å². The van der Waals surface area contributed by atoms with Crippen molar-refractivity contribution in [3.63, 3.8) is 0 Å². The number of nitrogens with one attached hydrogen (secondary N) is 1. The maximum atomic E-state index is 11.9. The van der Waals surface area contributed by atoms with Crippen LogP contribution in [-0.2, 0) is 11.2 Å². The van der Waals surface area contributed by atoms with Crippen LogP contribution in [0.2, 0.25) is 0 Å². The van der Waals surface area contributed by atoms with Crippen LogP contribution in [0.1, 0.15) is 12.0 Å². The molecule has 2 rings (SSSR count). The van der Waals surface area contributed by atoms with Crippen molar-refractivity contribution in [1.29, 1.82) is 0 Å². The summed E-state index contributed by atoms with van der Waals surface area (Å²) in [6, 6.07) is 5.62. The third kappa shape index (κ3) is 3.38. The Morgan fingerprint density at radius 3 is 2.44 bits per heavy atom. The molecule has 98 valence electrons. The molecule has 1 aromatic rings. The molecule has 1 fully saturated rings. The van der Waals surface area contributed by atoms with Gasteiger partial charge >= 0.3 is 6.36 Å². The van der Waals surface area contributed by atoms with Crippen LogP contribution in [0.15, 0.2) is 24.3 Å². The molecule has 18 heavy (non-hydrogen) atoms. The van der Waals surface area contributed by atoms with E-state index in [-0.39, 0.29) is 17.6 Å². The first-order chi connectivity index (χ1) is 8.44. The van der Waals surface area contributed by atoms with Crippen LogP contribution in [0, 0.1) is 5.92 Å². The number of amides is 1. The summed E-state index contributed by atoms with van der Waals surface area (Å²) in [6.45, 7) is 0.665. The molecule has 1 heterocycles. The number of halogens is 3. The highest BCUT2D eigenvalue weighted by atomic mass is 19.4. The first kappa shape index (κ1) is 12.7. The van der Waals surface area contributed by atoms with Gasteiger partial charge in [0.15, 0.2) is 0 Å². The summed E-state index contributed by atoms with van der Waals surface area (Å²) in [7, 11) is 0. The molecule has 1 saturated heterocycles. The van der Waals surface area contributed by atoms with Crippen molar-refractivity contribution < 1.29 is 22.7 Å². The number of ether oxygens (including phenoxy) is 1. The average Bonchev–Trinajstić information content (AvgIpc) is 2.65. The average molecular weight is 259 g/mol. The molecule has 0 aliphatic carbocycles. The Kier molecular flexibility index (Phi) is 3.45. The molecule has 1 amide bonds. The molecule has 0 spiro atoms. The summed E-state index contributed by atoms with van der Waals surface area (Å²) in [5.41, 5.74) is 0.826. The number of alkyl halides is 3. The number of benzene rings is 1. The number of carbonyl (C=O) groups is 1. The maximum absolute atomic E-state index is 11.9. The highest BCUT2D eigenvalue weighted by molar-refractivity contribution is 5.80. The minimum Gasteiger partial charge on any atom is -0.406 e. The fourth-order valence-corrected chi connectivity index (χ4v) is 1.95. The lowest BCUT2D eigenvalue weighted by Gasteiger charge is -2.10. The Hall–Kier alpha value is -1.72. The zero-order valence-electron chi connectivity index (χ0n) is 9.46. The van der Waals surface area contributed by atoms with E-state index in [1.165, 1.54) is 12.1 Å². The molecule has 1 aliphatic heterocycles. The quantitative estimate of drug-likeness (QED) is 0.904. The second-order valence-corrected chi connectivity index (χ2v) is 4.17. The van der Waals surface area contributed by atoms with Crippen LogP contribution in [-0.4, -0.2) is 18.8 Å². The van der Waals surface area contributed by atoms with Crippen LogP contribution in [0.5, 0.6) is 5.75 Å². The van der Waals surface area contributed by atoms with E-state index in [0.29, 0.717) is 13.0 Å². The van der Waals surface area contributed by atoms with Crippen molar-refractivity contribution in [2.75, 3.05) is 6.54 Å². The van der Waals surface area contributed by atoms with Crippen LogP contribution in [0.3, 0.4) is 0 Å². The zero-order chi connectivity index (χ0) is 13.2. The molecule has 1 unspecified atom stereocenters. The molecule has 1 atom stereocenters. The second-order valence-electron chi connectivity index (χ2n) is 4.17. The highest BCUT2D eigenvalue weighted by Gasteiger charge is 2.31. The van der Waals surface area contributed by atoms with Gasteiger partial charge in [-0.15, -0.1) is 13.2 Å². The lowest BCUT2D eigenvalue weighted by Crippen LogP contribution is -2.20. The van der Waals surface area contributed by atoms with Gasteiger partial charge in [-0.05, 0) is 30.5 Å². The number of hydrogen-bond donors (Lipinski definition) is 1. The molecule has 0 bridgehead atoms. The number of carbonyl (C=O) groups excluding carboxylic acids is 1. The van der Waals surface area contributed by atoms with Crippen molar-refractivity contribution in [3.05, 3.63) is 29.8 Å². The normalized spacial score (nSPS) is 19.7. The summed E-state index contributed by atoms with van der Waals surface area (Å²) in [5.74, 6) is -0.327. The summed E-state index contributed by atoms with van der Waals surface area (Å²) in [5, 5.41) is 2.72. The van der Waals surface area contributed by atoms with Gasteiger partial charge in [0.2, 0.25) is 5.91 Å². The monoisotopic (exact) mass is 259 g/mol. The largest absolute Gasteiger partial charge is 0.573 e. The van der Waals surface area contributed by atoms with Crippen molar-refractivity contribution in [2.45, 2.75) is 19.2 Å². The molecule has 0 aromatic heterocycles. The molecule has 1 aliphatic rings. The van der Waals surface area contributed by atoms with Gasteiger partial charge in [0, 0.05) is 12.5 Å². The summed E-state index contributed by atoms with van der Waals surface area (Å²) in [4.78, 5) is 11.3. The summed E-state index contributed by atoms with van der Waals surface area (Å²) in [6.07, 6.45) is -3.37. The number of rotatable bonds is 3. The van der Waals surface area contributed by atoms with E-state index < -0.39 is 6.36 Å². The Balaban J connectivity index is 1.97. The van der Waals surface area contributed by atoms with Crippen LogP contribution in [0.25, 0.3) is 0 Å². The van der Waals surface area contributed by atoms with E-state index in [1.807, 2.05) is 0 Å². The van der Waals surface area contributed by atoms with Gasteiger partial charge in [-0.3, -0.25) is 4.79 Å². The van der Waals surface area contributed by atoms with E-state index in [0.717, 1.165) is 12.0 Å². The van der Waals surface area contributed by atoms with E-state index >= 15 is 0 Å². The number of hydrogen-bond acceptors (Lipinski definition) is 2. The maximum Gasteiger partial charge on any atom is 0.573 e. The fraction of sp³-hybridized carbons (Fsp3) is 0.417. The first-order valence-electron chi connectivity index (χ1n) is 5.56. The smallest absolute Gasteiger partial charge is 0.406 e. The highest BCUT2D eigenvalue weighted by Crippen LogP contribution is 2.24. The standard InChI is InChI=1S/C12H12F3NO2/c13-12(14,15)18-10-3-1-8(2-4-10)7-9-5-6-16-11(9)17/h1-4,9H,5-7H2,(H,16,17). The second kappa shape index (κ2) is 4.88. The van der Waals surface area contributed by atoms with E-state index in [2.05, 4.69) is 10.1 Å². The van der Waals surface area contributed by atoms with E-state index in [1.54, 1.807) is 12.1 Å². The van der Waals surface area contributed by atoms with Gasteiger partial charge in [-0.2, -0.15) is 0 Å². The minimum atomic E-state index is -4.67. The van der Waals surface area contributed by atoms with Crippen molar-refractivity contribution in [1.82, 2.24) is 5.32 Å². The summed E-state index contributed by atoms with van der Waals surface area (Å²) >= 11 is 0.